The number of fused-ring (bicyclic) bond motifs is 1. The van der Waals surface area contributed by atoms with Gasteiger partial charge in [-0.25, -0.2) is 0 Å². The molecule has 1 aromatic carbocycles. The maximum absolute atomic E-state index is 4.94. The van der Waals surface area contributed by atoms with Crippen molar-refractivity contribution in [2.45, 2.75) is 58.4 Å². The Morgan fingerprint density at radius 1 is 1.16 bits per heavy atom. The first-order valence-electron chi connectivity index (χ1n) is 11.8. The van der Waals surface area contributed by atoms with Crippen molar-refractivity contribution in [3.8, 4) is 0 Å². The summed E-state index contributed by atoms with van der Waals surface area (Å²) in [5, 5.41) is 16.6. The molecule has 3 N–H and O–H groups in total. The lowest BCUT2D eigenvalue weighted by Gasteiger charge is -2.20. The first kappa shape index (κ1) is 21.4. The van der Waals surface area contributed by atoms with Crippen LogP contribution in [-0.4, -0.2) is 45.3 Å². The zero-order chi connectivity index (χ0) is 21.3. The van der Waals surface area contributed by atoms with Crippen LogP contribution >= 0.6 is 0 Å². The molecule has 3 aromatic rings. The fraction of sp³-hybridized carbons (Fsp3) is 0.542. The van der Waals surface area contributed by atoms with Crippen molar-refractivity contribution in [1.29, 1.82) is 0 Å². The van der Waals surface area contributed by atoms with Crippen LogP contribution in [0.4, 0.5) is 0 Å². The predicted octanol–water partition coefficient (Wildman–Crippen LogP) is 3.68. The van der Waals surface area contributed by atoms with E-state index in [9.17, 15) is 0 Å². The van der Waals surface area contributed by atoms with Gasteiger partial charge in [0.2, 0.25) is 0 Å². The Balaban J connectivity index is 1.33. The van der Waals surface area contributed by atoms with Crippen molar-refractivity contribution < 1.29 is 0 Å². The lowest BCUT2D eigenvalue weighted by molar-refractivity contribution is 0.366. The van der Waals surface area contributed by atoms with Gasteiger partial charge in [0.1, 0.15) is 12.2 Å². The summed E-state index contributed by atoms with van der Waals surface area (Å²) in [6, 6.07) is 8.48. The van der Waals surface area contributed by atoms with E-state index >= 15 is 0 Å². The normalized spacial score (nSPS) is 15.5. The van der Waals surface area contributed by atoms with Crippen LogP contribution in [0.3, 0.4) is 0 Å². The standard InChI is InChI=1S/C24H35N7/c1-2-23-30-29-18-31(23)15-14-26-24(28-16-19-8-4-3-5-9-19)25-13-12-20-17-27-22-11-7-6-10-21(20)22/h6-7,10-11,17-19,27H,2-5,8-9,12-16H2,1H3,(H2,25,26,28). The van der Waals surface area contributed by atoms with Crippen LogP contribution in [0.15, 0.2) is 41.8 Å². The number of hydrogen-bond donors (Lipinski definition) is 3. The van der Waals surface area contributed by atoms with Crippen molar-refractivity contribution in [3.05, 3.63) is 48.2 Å². The maximum atomic E-state index is 4.94. The highest BCUT2D eigenvalue weighted by atomic mass is 15.3. The predicted molar refractivity (Wildman–Crippen MR) is 126 cm³/mol. The number of guanidine groups is 1. The van der Waals surface area contributed by atoms with Gasteiger partial charge in [0.05, 0.1) is 0 Å². The number of aromatic amines is 1. The number of nitrogens with one attached hydrogen (secondary N) is 3. The number of nitrogens with zero attached hydrogens (tertiary/aromatic N) is 4. The summed E-state index contributed by atoms with van der Waals surface area (Å²) >= 11 is 0. The lowest BCUT2D eigenvalue weighted by atomic mass is 9.89. The van der Waals surface area contributed by atoms with Gasteiger partial charge in [-0.1, -0.05) is 44.4 Å². The van der Waals surface area contributed by atoms with Crippen molar-refractivity contribution in [3.63, 3.8) is 0 Å². The molecule has 1 aliphatic rings. The Kier molecular flexibility index (Phi) is 7.58. The van der Waals surface area contributed by atoms with Crippen molar-refractivity contribution in [1.82, 2.24) is 30.4 Å². The van der Waals surface area contributed by atoms with Gasteiger partial charge in [0.25, 0.3) is 0 Å². The average Bonchev–Trinajstić information content (AvgIpc) is 3.44. The summed E-state index contributed by atoms with van der Waals surface area (Å²) in [5.74, 6) is 2.66. The van der Waals surface area contributed by atoms with E-state index in [0.29, 0.717) is 0 Å². The van der Waals surface area contributed by atoms with Gasteiger partial charge in [-0.15, -0.1) is 10.2 Å². The molecule has 0 saturated heterocycles. The fourth-order valence-electron chi connectivity index (χ4n) is 4.45. The van der Waals surface area contributed by atoms with E-state index in [4.69, 9.17) is 4.99 Å². The van der Waals surface area contributed by atoms with Gasteiger partial charge < -0.3 is 20.2 Å². The zero-order valence-electron chi connectivity index (χ0n) is 18.6. The molecule has 4 rings (SSSR count). The number of H-pyrrole nitrogens is 1. The summed E-state index contributed by atoms with van der Waals surface area (Å²) in [5.41, 5.74) is 2.54. The molecule has 1 fully saturated rings. The summed E-state index contributed by atoms with van der Waals surface area (Å²) in [6.45, 7) is 5.51. The minimum absolute atomic E-state index is 0.727. The molecule has 2 aromatic heterocycles. The number of aromatic nitrogens is 4. The Morgan fingerprint density at radius 2 is 2.00 bits per heavy atom. The largest absolute Gasteiger partial charge is 0.361 e. The van der Waals surface area contributed by atoms with Gasteiger partial charge in [-0.3, -0.25) is 4.99 Å². The van der Waals surface area contributed by atoms with E-state index < -0.39 is 0 Å². The van der Waals surface area contributed by atoms with Gasteiger partial charge >= 0.3 is 0 Å². The number of aliphatic imine (C=N–C) groups is 1. The summed E-state index contributed by atoms with van der Waals surface area (Å²) in [7, 11) is 0. The van der Waals surface area contributed by atoms with Crippen LogP contribution in [0.1, 0.15) is 50.4 Å². The Hall–Kier alpha value is -2.83. The summed E-state index contributed by atoms with van der Waals surface area (Å²) in [4.78, 5) is 8.30. The number of aryl methyl sites for hydroxylation is 1. The molecule has 0 unspecified atom stereocenters. The van der Waals surface area contributed by atoms with E-state index in [1.807, 2.05) is 6.33 Å². The molecule has 1 aliphatic carbocycles. The van der Waals surface area contributed by atoms with Crippen LogP contribution in [0.2, 0.25) is 0 Å². The Labute approximate surface area is 184 Å². The van der Waals surface area contributed by atoms with Crippen molar-refractivity contribution in [2.24, 2.45) is 10.9 Å². The number of benzene rings is 1. The second-order valence-corrected chi connectivity index (χ2v) is 8.45. The zero-order valence-corrected chi connectivity index (χ0v) is 18.6. The lowest BCUT2D eigenvalue weighted by Crippen LogP contribution is -2.40. The van der Waals surface area contributed by atoms with E-state index in [-0.39, 0.29) is 0 Å². The van der Waals surface area contributed by atoms with Gasteiger partial charge in [-0.2, -0.15) is 0 Å². The number of rotatable bonds is 9. The molecule has 7 nitrogen and oxygen atoms in total. The molecule has 0 bridgehead atoms. The minimum atomic E-state index is 0.727. The smallest absolute Gasteiger partial charge is 0.191 e. The number of hydrogen-bond acceptors (Lipinski definition) is 3. The third-order valence-electron chi connectivity index (χ3n) is 6.25. The van der Waals surface area contributed by atoms with Crippen LogP contribution < -0.4 is 10.6 Å². The molecule has 0 atom stereocenters. The molecule has 1 saturated carbocycles. The average molecular weight is 422 g/mol. The topological polar surface area (TPSA) is 82.9 Å². The Morgan fingerprint density at radius 3 is 2.87 bits per heavy atom. The van der Waals surface area contributed by atoms with Crippen LogP contribution in [0.25, 0.3) is 10.9 Å². The molecule has 0 spiro atoms. The van der Waals surface area contributed by atoms with Crippen molar-refractivity contribution in [2.75, 3.05) is 19.6 Å². The highest BCUT2D eigenvalue weighted by Crippen LogP contribution is 2.23. The molecule has 0 radical (unpaired) electrons. The molecule has 31 heavy (non-hydrogen) atoms. The van der Waals surface area contributed by atoms with Gasteiger partial charge in [-0.05, 0) is 36.8 Å². The third kappa shape index (κ3) is 5.87. The van der Waals surface area contributed by atoms with Crippen LogP contribution in [0.5, 0.6) is 0 Å². The van der Waals surface area contributed by atoms with E-state index in [1.165, 1.54) is 48.6 Å². The Bertz CT molecular complexity index is 965. The highest BCUT2D eigenvalue weighted by Gasteiger charge is 2.13. The molecule has 2 heterocycles. The molecule has 7 heteroatoms. The number of para-hydroxylation sites is 1. The van der Waals surface area contributed by atoms with Crippen molar-refractivity contribution >= 4 is 16.9 Å². The first-order valence-corrected chi connectivity index (χ1v) is 11.8. The third-order valence-corrected chi connectivity index (χ3v) is 6.25. The van der Waals surface area contributed by atoms with Crippen LogP contribution in [-0.2, 0) is 19.4 Å². The molecule has 0 amide bonds. The van der Waals surface area contributed by atoms with E-state index in [1.54, 1.807) is 0 Å². The molecule has 166 valence electrons. The SMILES string of the molecule is CCc1nncn1CCNC(=NCC1CCCCC1)NCCc1c[nH]c2ccccc12. The fourth-order valence-corrected chi connectivity index (χ4v) is 4.45. The minimum Gasteiger partial charge on any atom is -0.361 e. The first-order chi connectivity index (χ1) is 15.3. The summed E-state index contributed by atoms with van der Waals surface area (Å²) in [6.07, 6.45) is 12.5. The van der Waals surface area contributed by atoms with Crippen LogP contribution in [0, 0.1) is 5.92 Å². The molecule has 0 aliphatic heterocycles. The van der Waals surface area contributed by atoms with Gasteiger partial charge in [0, 0.05) is 49.7 Å². The van der Waals surface area contributed by atoms with Gasteiger partial charge in [0.15, 0.2) is 5.96 Å². The second kappa shape index (κ2) is 11.0. The summed E-state index contributed by atoms with van der Waals surface area (Å²) < 4.78 is 2.11. The molecular formula is C24H35N7. The highest BCUT2D eigenvalue weighted by molar-refractivity contribution is 5.83. The quantitative estimate of drug-likeness (QED) is 0.364. The molecular weight excluding hydrogens is 386 g/mol. The van der Waals surface area contributed by atoms with E-state index in [0.717, 1.165) is 56.7 Å². The maximum Gasteiger partial charge on any atom is 0.191 e. The second-order valence-electron chi connectivity index (χ2n) is 8.45. The monoisotopic (exact) mass is 421 g/mol. The van der Waals surface area contributed by atoms with E-state index in [2.05, 4.69) is 67.8 Å².